The zero-order valence-corrected chi connectivity index (χ0v) is 12.6. The molecule has 0 spiro atoms. The lowest BCUT2D eigenvalue weighted by atomic mass is 9.83. The van der Waals surface area contributed by atoms with Gasteiger partial charge in [0.15, 0.2) is 4.77 Å². The van der Waals surface area contributed by atoms with Crippen LogP contribution >= 0.6 is 12.2 Å². The lowest BCUT2D eigenvalue weighted by molar-refractivity contribution is 0.239. The summed E-state index contributed by atoms with van der Waals surface area (Å²) in [5.41, 5.74) is 4.20. The van der Waals surface area contributed by atoms with Gasteiger partial charge in [0.25, 0.3) is 0 Å². The number of rotatable bonds is 3. The highest BCUT2D eigenvalue weighted by molar-refractivity contribution is 7.71. The maximum Gasteiger partial charge on any atom is 0.178 e. The second kappa shape index (κ2) is 4.78. The molecule has 1 aromatic heterocycles. The summed E-state index contributed by atoms with van der Waals surface area (Å²) >= 11 is 5.54. The van der Waals surface area contributed by atoms with E-state index >= 15 is 0 Å². The quantitative estimate of drug-likeness (QED) is 0.783. The number of aryl methyl sites for hydroxylation is 1. The molecule has 102 valence electrons. The number of nitrogens with one attached hydrogen (secondary N) is 1. The molecule has 1 saturated carbocycles. The highest BCUT2D eigenvalue weighted by atomic mass is 32.1. The predicted molar refractivity (Wildman–Crippen MR) is 83.1 cm³/mol. The van der Waals surface area contributed by atoms with Crippen LogP contribution in [-0.4, -0.2) is 9.55 Å². The summed E-state index contributed by atoms with van der Waals surface area (Å²) in [6, 6.07) is 6.54. The van der Waals surface area contributed by atoms with Crippen LogP contribution in [0.1, 0.15) is 44.6 Å². The fourth-order valence-corrected chi connectivity index (χ4v) is 3.78. The highest BCUT2D eigenvalue weighted by Gasteiger charge is 2.32. The van der Waals surface area contributed by atoms with Gasteiger partial charge >= 0.3 is 0 Å². The van der Waals surface area contributed by atoms with E-state index in [0.717, 1.165) is 11.3 Å². The van der Waals surface area contributed by atoms with Crippen LogP contribution in [0.4, 0.5) is 0 Å². The molecule has 0 radical (unpaired) electrons. The van der Waals surface area contributed by atoms with Gasteiger partial charge in [-0.1, -0.05) is 25.8 Å². The molecule has 1 heterocycles. The third-order valence-corrected chi connectivity index (χ3v) is 5.16. The Bertz CT molecular complexity index is 644. The van der Waals surface area contributed by atoms with Crippen molar-refractivity contribution in [1.29, 1.82) is 0 Å². The van der Waals surface area contributed by atoms with Gasteiger partial charge in [-0.3, -0.25) is 0 Å². The minimum Gasteiger partial charge on any atom is -0.331 e. The smallest absolute Gasteiger partial charge is 0.178 e. The number of aromatic amines is 1. The number of nitrogens with zero attached hydrogens (tertiary/aromatic N) is 1. The van der Waals surface area contributed by atoms with Crippen molar-refractivity contribution in [2.75, 3.05) is 0 Å². The molecule has 0 atom stereocenters. The Hall–Kier alpha value is -1.09. The van der Waals surface area contributed by atoms with Gasteiger partial charge in [-0.15, -0.1) is 0 Å². The first-order chi connectivity index (χ1) is 9.13. The first-order valence-electron chi connectivity index (χ1n) is 7.33. The summed E-state index contributed by atoms with van der Waals surface area (Å²) in [6.45, 7) is 5.55. The highest BCUT2D eigenvalue weighted by Crippen LogP contribution is 2.42. The SMILES string of the molecule is CCC1(Cn2c(=S)[nH]c3ccc(C)cc32)CCCC1. The number of imidazole rings is 1. The largest absolute Gasteiger partial charge is 0.331 e. The van der Waals surface area contributed by atoms with Crippen molar-refractivity contribution in [2.24, 2.45) is 5.41 Å². The molecule has 0 amide bonds. The summed E-state index contributed by atoms with van der Waals surface area (Å²) in [6.07, 6.45) is 6.71. The topological polar surface area (TPSA) is 20.7 Å². The van der Waals surface area contributed by atoms with Crippen LogP contribution in [0.3, 0.4) is 0 Å². The van der Waals surface area contributed by atoms with E-state index in [4.69, 9.17) is 12.2 Å². The van der Waals surface area contributed by atoms with Crippen molar-refractivity contribution in [2.45, 2.75) is 52.5 Å². The van der Waals surface area contributed by atoms with Gasteiger partial charge in [0.1, 0.15) is 0 Å². The molecule has 1 aliphatic rings. The molecule has 0 unspecified atom stereocenters. The molecular weight excluding hydrogens is 252 g/mol. The predicted octanol–water partition coefficient (Wildman–Crippen LogP) is 4.98. The van der Waals surface area contributed by atoms with Crippen LogP contribution in [-0.2, 0) is 6.54 Å². The molecule has 2 aromatic rings. The Balaban J connectivity index is 2.07. The zero-order valence-electron chi connectivity index (χ0n) is 11.8. The molecule has 3 heteroatoms. The summed E-state index contributed by atoms with van der Waals surface area (Å²) < 4.78 is 3.20. The van der Waals surface area contributed by atoms with E-state index < -0.39 is 0 Å². The van der Waals surface area contributed by atoms with Crippen LogP contribution in [0, 0.1) is 17.1 Å². The van der Waals surface area contributed by atoms with Gasteiger partial charge in [-0.05, 0) is 61.5 Å². The van der Waals surface area contributed by atoms with E-state index in [1.807, 2.05) is 0 Å². The Morgan fingerprint density at radius 1 is 1.32 bits per heavy atom. The van der Waals surface area contributed by atoms with E-state index in [1.165, 1.54) is 48.7 Å². The Kier molecular flexibility index (Phi) is 3.25. The summed E-state index contributed by atoms with van der Waals surface area (Å²) in [5.74, 6) is 0. The minimum absolute atomic E-state index is 0.469. The van der Waals surface area contributed by atoms with Crippen LogP contribution < -0.4 is 0 Å². The lowest BCUT2D eigenvalue weighted by Crippen LogP contribution is -2.22. The fourth-order valence-electron chi connectivity index (χ4n) is 3.50. The molecule has 0 saturated heterocycles. The Morgan fingerprint density at radius 2 is 2.05 bits per heavy atom. The zero-order chi connectivity index (χ0) is 13.5. The van der Waals surface area contributed by atoms with Gasteiger partial charge in [-0.2, -0.15) is 0 Å². The second-order valence-corrected chi connectivity index (χ2v) is 6.48. The van der Waals surface area contributed by atoms with Crippen LogP contribution in [0.15, 0.2) is 18.2 Å². The molecule has 1 aromatic carbocycles. The standard InChI is InChI=1S/C16H22N2S/c1-3-16(8-4-5-9-16)11-18-14-10-12(2)6-7-13(14)17-15(18)19/h6-7,10H,3-5,8-9,11H2,1-2H3,(H,17,19). The van der Waals surface area contributed by atoms with E-state index in [2.05, 4.69) is 41.6 Å². The maximum atomic E-state index is 5.54. The van der Waals surface area contributed by atoms with Crippen LogP contribution in [0.25, 0.3) is 11.0 Å². The monoisotopic (exact) mass is 274 g/mol. The maximum absolute atomic E-state index is 5.54. The van der Waals surface area contributed by atoms with Crippen molar-refractivity contribution in [3.63, 3.8) is 0 Å². The molecule has 19 heavy (non-hydrogen) atoms. The number of fused-ring (bicyclic) bond motifs is 1. The first kappa shape index (κ1) is 12.9. The average molecular weight is 274 g/mol. The molecule has 1 N–H and O–H groups in total. The van der Waals surface area contributed by atoms with Crippen molar-refractivity contribution in [1.82, 2.24) is 9.55 Å². The molecule has 0 aliphatic heterocycles. The molecule has 3 rings (SSSR count). The summed E-state index contributed by atoms with van der Waals surface area (Å²) in [5, 5.41) is 0. The van der Waals surface area contributed by atoms with Gasteiger partial charge < -0.3 is 9.55 Å². The van der Waals surface area contributed by atoms with E-state index in [-0.39, 0.29) is 0 Å². The van der Waals surface area contributed by atoms with Crippen molar-refractivity contribution < 1.29 is 0 Å². The summed E-state index contributed by atoms with van der Waals surface area (Å²) in [7, 11) is 0. The number of hydrogen-bond donors (Lipinski definition) is 1. The van der Waals surface area contributed by atoms with E-state index in [9.17, 15) is 0 Å². The lowest BCUT2D eigenvalue weighted by Gasteiger charge is -2.28. The fraction of sp³-hybridized carbons (Fsp3) is 0.562. The molecule has 0 bridgehead atoms. The van der Waals surface area contributed by atoms with Crippen molar-refractivity contribution in [3.05, 3.63) is 28.5 Å². The Labute approximate surface area is 119 Å². The third kappa shape index (κ3) is 2.25. The molecule has 1 aliphatic carbocycles. The van der Waals surface area contributed by atoms with E-state index in [0.29, 0.717) is 5.41 Å². The summed E-state index contributed by atoms with van der Waals surface area (Å²) in [4.78, 5) is 3.35. The number of aromatic nitrogens is 2. The molecular formula is C16H22N2S. The number of hydrogen-bond acceptors (Lipinski definition) is 1. The van der Waals surface area contributed by atoms with Gasteiger partial charge in [-0.25, -0.2) is 0 Å². The first-order valence-corrected chi connectivity index (χ1v) is 7.74. The van der Waals surface area contributed by atoms with Gasteiger partial charge in [0.05, 0.1) is 11.0 Å². The van der Waals surface area contributed by atoms with Crippen LogP contribution in [0.2, 0.25) is 0 Å². The van der Waals surface area contributed by atoms with Crippen molar-refractivity contribution >= 4 is 23.3 Å². The second-order valence-electron chi connectivity index (χ2n) is 6.10. The third-order valence-electron chi connectivity index (χ3n) is 4.84. The minimum atomic E-state index is 0.469. The van der Waals surface area contributed by atoms with Gasteiger partial charge in [0.2, 0.25) is 0 Å². The Morgan fingerprint density at radius 3 is 2.74 bits per heavy atom. The van der Waals surface area contributed by atoms with Gasteiger partial charge in [0, 0.05) is 6.54 Å². The average Bonchev–Trinajstić information content (AvgIpc) is 2.98. The normalized spacial score (nSPS) is 18.2. The van der Waals surface area contributed by atoms with Crippen molar-refractivity contribution in [3.8, 4) is 0 Å². The van der Waals surface area contributed by atoms with E-state index in [1.54, 1.807) is 0 Å². The van der Waals surface area contributed by atoms with Crippen LogP contribution in [0.5, 0.6) is 0 Å². The number of H-pyrrole nitrogens is 1. The molecule has 1 fully saturated rings. The molecule has 2 nitrogen and oxygen atoms in total. The number of benzene rings is 1.